The van der Waals surface area contributed by atoms with Crippen LogP contribution in [0.15, 0.2) is 57.5 Å². The third-order valence-corrected chi connectivity index (χ3v) is 5.34. The van der Waals surface area contributed by atoms with Crippen molar-refractivity contribution in [2.75, 3.05) is 0 Å². The maximum atomic E-state index is 12.2. The normalized spacial score (nSPS) is 13.7. The van der Waals surface area contributed by atoms with Crippen LogP contribution in [0, 0.1) is 0 Å². The Kier molecular flexibility index (Phi) is 4.80. The Morgan fingerprint density at radius 2 is 1.96 bits per heavy atom. The van der Waals surface area contributed by atoms with Gasteiger partial charge in [-0.15, -0.1) is 0 Å². The summed E-state index contributed by atoms with van der Waals surface area (Å²) in [6, 6.07) is 13.9. The highest BCUT2D eigenvalue weighted by molar-refractivity contribution is 9.10. The van der Waals surface area contributed by atoms with Crippen LogP contribution in [0.5, 0.6) is 0 Å². The molecule has 0 bridgehead atoms. The van der Waals surface area contributed by atoms with E-state index in [1.54, 1.807) is 6.21 Å². The third kappa shape index (κ3) is 3.55. The minimum absolute atomic E-state index is 0.379. The summed E-state index contributed by atoms with van der Waals surface area (Å²) in [5, 5.41) is 5.55. The largest absolute Gasteiger partial charge is 0.591 e. The van der Waals surface area contributed by atoms with E-state index in [9.17, 15) is 4.55 Å². The van der Waals surface area contributed by atoms with Gasteiger partial charge >= 0.3 is 0 Å². The van der Waals surface area contributed by atoms with Gasteiger partial charge in [-0.05, 0) is 45.0 Å². The average molecular weight is 404 g/mol. The molecule has 0 saturated carbocycles. The monoisotopic (exact) mass is 403 g/mol. The molecule has 0 fully saturated rings. The third-order valence-electron chi connectivity index (χ3n) is 3.51. The van der Waals surface area contributed by atoms with Crippen LogP contribution in [-0.4, -0.2) is 25.3 Å². The van der Waals surface area contributed by atoms with Gasteiger partial charge in [-0.25, -0.2) is 4.68 Å². The standard InChI is InChI=1S/C18H18BrN3OS/c1-18(2,3)24(23)21-12-13-6-4-5-7-16(13)22-17-9-8-15(19)10-14(17)11-20-22/h4-12H,1-3H3. The molecule has 0 radical (unpaired) electrons. The van der Waals surface area contributed by atoms with Gasteiger partial charge < -0.3 is 4.55 Å². The van der Waals surface area contributed by atoms with E-state index in [2.05, 4.69) is 25.4 Å². The molecule has 0 N–H and O–H groups in total. The van der Waals surface area contributed by atoms with Crippen molar-refractivity contribution in [3.05, 3.63) is 58.7 Å². The second-order valence-corrected chi connectivity index (χ2v) is 9.26. The first-order valence-corrected chi connectivity index (χ1v) is 9.45. The molecule has 6 heteroatoms. The first-order chi connectivity index (χ1) is 11.4. The van der Waals surface area contributed by atoms with Gasteiger partial charge in [0.15, 0.2) is 0 Å². The summed E-state index contributed by atoms with van der Waals surface area (Å²) in [7, 11) is 0. The van der Waals surface area contributed by atoms with Crippen LogP contribution < -0.4 is 0 Å². The Bertz CT molecular complexity index is 899. The number of para-hydroxylation sites is 1. The molecular weight excluding hydrogens is 386 g/mol. The summed E-state index contributed by atoms with van der Waals surface area (Å²) in [4.78, 5) is 0. The summed E-state index contributed by atoms with van der Waals surface area (Å²) < 4.78 is 18.9. The molecule has 0 saturated heterocycles. The smallest absolute Gasteiger partial charge is 0.144 e. The summed E-state index contributed by atoms with van der Waals surface area (Å²) in [5.41, 5.74) is 2.79. The summed E-state index contributed by atoms with van der Waals surface area (Å²) in [5.74, 6) is 0. The second-order valence-electron chi connectivity index (χ2n) is 6.41. The lowest BCUT2D eigenvalue weighted by atomic mass is 10.2. The number of hydrogen-bond donors (Lipinski definition) is 0. The Morgan fingerprint density at radius 1 is 1.21 bits per heavy atom. The number of halogens is 1. The number of aromatic nitrogens is 2. The Labute approximate surface area is 153 Å². The molecule has 3 rings (SSSR count). The average Bonchev–Trinajstić information content (AvgIpc) is 2.94. The van der Waals surface area contributed by atoms with Crippen LogP contribution in [0.25, 0.3) is 16.6 Å². The Balaban J connectivity index is 2.04. The fourth-order valence-electron chi connectivity index (χ4n) is 2.25. The van der Waals surface area contributed by atoms with E-state index in [0.29, 0.717) is 0 Å². The van der Waals surface area contributed by atoms with Crippen molar-refractivity contribution in [3.8, 4) is 5.69 Å². The quantitative estimate of drug-likeness (QED) is 0.471. The van der Waals surface area contributed by atoms with Gasteiger partial charge in [-0.1, -0.05) is 38.5 Å². The number of rotatable bonds is 3. The number of benzene rings is 2. The molecule has 24 heavy (non-hydrogen) atoms. The molecule has 0 aliphatic carbocycles. The van der Waals surface area contributed by atoms with Crippen LogP contribution in [0.2, 0.25) is 0 Å². The molecule has 0 spiro atoms. The van der Waals surface area contributed by atoms with Crippen LogP contribution in [-0.2, 0) is 11.4 Å². The van der Waals surface area contributed by atoms with Gasteiger partial charge in [0.05, 0.1) is 23.6 Å². The van der Waals surface area contributed by atoms with Crippen molar-refractivity contribution >= 4 is 44.4 Å². The first kappa shape index (κ1) is 17.2. The summed E-state index contributed by atoms with van der Waals surface area (Å²) in [6.07, 6.45) is 3.50. The minimum Gasteiger partial charge on any atom is -0.591 e. The zero-order valence-corrected chi connectivity index (χ0v) is 16.1. The number of hydrogen-bond acceptors (Lipinski definition) is 3. The van der Waals surface area contributed by atoms with Gasteiger partial charge in [0.2, 0.25) is 0 Å². The molecule has 124 valence electrons. The van der Waals surface area contributed by atoms with Crippen molar-refractivity contribution < 1.29 is 4.55 Å². The van der Waals surface area contributed by atoms with E-state index in [0.717, 1.165) is 26.6 Å². The molecule has 2 aromatic carbocycles. The highest BCUT2D eigenvalue weighted by atomic mass is 79.9. The molecule has 0 amide bonds. The summed E-state index contributed by atoms with van der Waals surface area (Å²) >= 11 is 2.19. The molecule has 4 nitrogen and oxygen atoms in total. The fourth-order valence-corrected chi connectivity index (χ4v) is 3.15. The van der Waals surface area contributed by atoms with Crippen molar-refractivity contribution in [2.45, 2.75) is 25.5 Å². The molecule has 1 unspecified atom stereocenters. The summed E-state index contributed by atoms with van der Waals surface area (Å²) in [6.45, 7) is 5.72. The van der Waals surface area contributed by atoms with Crippen molar-refractivity contribution in [1.29, 1.82) is 0 Å². The molecule has 0 aliphatic heterocycles. The molecular formula is C18H18BrN3OS. The van der Waals surface area contributed by atoms with E-state index < -0.39 is 11.4 Å². The molecule has 3 aromatic rings. The van der Waals surface area contributed by atoms with Gasteiger partial charge in [-0.3, -0.25) is 0 Å². The lowest BCUT2D eigenvalue weighted by Crippen LogP contribution is -2.25. The fraction of sp³-hybridized carbons (Fsp3) is 0.222. The first-order valence-electron chi connectivity index (χ1n) is 7.55. The van der Waals surface area contributed by atoms with E-state index in [1.807, 2.05) is 74.1 Å². The van der Waals surface area contributed by atoms with Crippen LogP contribution in [0.3, 0.4) is 0 Å². The van der Waals surface area contributed by atoms with Crippen LogP contribution in [0.1, 0.15) is 26.3 Å². The lowest BCUT2D eigenvalue weighted by molar-refractivity contribution is 0.562. The highest BCUT2D eigenvalue weighted by Crippen LogP contribution is 2.24. The molecule has 1 heterocycles. The second kappa shape index (κ2) is 6.70. The van der Waals surface area contributed by atoms with E-state index >= 15 is 0 Å². The van der Waals surface area contributed by atoms with Crippen LogP contribution in [0.4, 0.5) is 0 Å². The maximum Gasteiger partial charge on any atom is 0.144 e. The number of fused-ring (bicyclic) bond motifs is 1. The molecule has 1 atom stereocenters. The predicted octanol–water partition coefficient (Wildman–Crippen LogP) is 4.67. The van der Waals surface area contributed by atoms with Crippen molar-refractivity contribution in [1.82, 2.24) is 9.78 Å². The Morgan fingerprint density at radius 3 is 2.71 bits per heavy atom. The van der Waals surface area contributed by atoms with Crippen molar-refractivity contribution in [3.63, 3.8) is 0 Å². The van der Waals surface area contributed by atoms with Gasteiger partial charge in [-0.2, -0.15) is 5.10 Å². The zero-order chi connectivity index (χ0) is 17.3. The topological polar surface area (TPSA) is 53.2 Å². The predicted molar refractivity (Wildman–Crippen MR) is 104 cm³/mol. The lowest BCUT2D eigenvalue weighted by Gasteiger charge is -2.17. The van der Waals surface area contributed by atoms with Gasteiger partial charge in [0.25, 0.3) is 0 Å². The van der Waals surface area contributed by atoms with Crippen molar-refractivity contribution in [2.24, 2.45) is 4.40 Å². The molecule has 0 aliphatic rings. The zero-order valence-electron chi connectivity index (χ0n) is 13.7. The van der Waals surface area contributed by atoms with E-state index in [1.165, 1.54) is 0 Å². The minimum atomic E-state index is -1.29. The van der Waals surface area contributed by atoms with Gasteiger partial charge in [0, 0.05) is 15.4 Å². The van der Waals surface area contributed by atoms with Gasteiger partial charge in [0.1, 0.15) is 16.1 Å². The Hall–Kier alpha value is -1.63. The maximum absolute atomic E-state index is 12.2. The van der Waals surface area contributed by atoms with E-state index in [4.69, 9.17) is 0 Å². The highest BCUT2D eigenvalue weighted by Gasteiger charge is 2.26. The SMILES string of the molecule is CC(C)(C)[S+]([O-])N=Cc1ccccc1-n1ncc2cc(Br)ccc21. The number of nitrogens with zero attached hydrogens (tertiary/aromatic N) is 3. The van der Waals surface area contributed by atoms with E-state index in [-0.39, 0.29) is 4.75 Å². The van der Waals surface area contributed by atoms with Crippen LogP contribution >= 0.6 is 15.9 Å². The molecule has 1 aromatic heterocycles.